The Bertz CT molecular complexity index is 365. The number of nitrogens with zero attached hydrogens (tertiary/aromatic N) is 1. The normalized spacial score (nSPS) is 19.5. The number of rotatable bonds is 1. The summed E-state index contributed by atoms with van der Waals surface area (Å²) < 4.78 is 13.2. The van der Waals surface area contributed by atoms with E-state index in [-0.39, 0.29) is 11.7 Å². The van der Waals surface area contributed by atoms with Crippen LogP contribution in [-0.4, -0.2) is 0 Å². The van der Waals surface area contributed by atoms with Crippen LogP contribution in [0.4, 0.5) is 4.39 Å². The minimum Gasteiger partial charge on any atom is -0.207 e. The van der Waals surface area contributed by atoms with Gasteiger partial charge >= 0.3 is 0 Å². The second-order valence-corrected chi connectivity index (χ2v) is 3.41. The SMILES string of the molecule is N#CCC1CCc2c(F)cccc21. The molecule has 0 amide bonds. The summed E-state index contributed by atoms with van der Waals surface area (Å²) in [7, 11) is 0. The van der Waals surface area contributed by atoms with Gasteiger partial charge in [-0.05, 0) is 36.0 Å². The minimum absolute atomic E-state index is 0.113. The van der Waals surface area contributed by atoms with Crippen molar-refractivity contribution in [2.24, 2.45) is 0 Å². The minimum atomic E-state index is -0.113. The molecule has 0 radical (unpaired) electrons. The van der Waals surface area contributed by atoms with Gasteiger partial charge in [0.05, 0.1) is 6.07 Å². The van der Waals surface area contributed by atoms with Gasteiger partial charge in [-0.3, -0.25) is 0 Å². The maximum absolute atomic E-state index is 13.2. The molecule has 1 atom stereocenters. The van der Waals surface area contributed by atoms with E-state index in [0.29, 0.717) is 6.42 Å². The number of benzene rings is 1. The molecule has 1 nitrogen and oxygen atoms in total. The molecule has 0 saturated heterocycles. The van der Waals surface area contributed by atoms with E-state index in [9.17, 15) is 4.39 Å². The van der Waals surface area contributed by atoms with Crippen LogP contribution in [0.25, 0.3) is 0 Å². The largest absolute Gasteiger partial charge is 0.207 e. The molecule has 1 aromatic carbocycles. The van der Waals surface area contributed by atoms with Crippen molar-refractivity contribution < 1.29 is 4.39 Å². The Kier molecular flexibility index (Phi) is 2.02. The number of hydrogen-bond donors (Lipinski definition) is 0. The van der Waals surface area contributed by atoms with Gasteiger partial charge in [-0.15, -0.1) is 0 Å². The van der Waals surface area contributed by atoms with Crippen LogP contribution in [0, 0.1) is 17.1 Å². The Morgan fingerprint density at radius 1 is 1.54 bits per heavy atom. The summed E-state index contributed by atoms with van der Waals surface area (Å²) in [6.07, 6.45) is 2.22. The van der Waals surface area contributed by atoms with Crippen molar-refractivity contribution in [3.63, 3.8) is 0 Å². The zero-order valence-corrected chi connectivity index (χ0v) is 7.26. The summed E-state index contributed by atoms with van der Waals surface area (Å²) in [5.41, 5.74) is 1.87. The van der Waals surface area contributed by atoms with Crippen LogP contribution in [-0.2, 0) is 6.42 Å². The van der Waals surface area contributed by atoms with Gasteiger partial charge in [0.25, 0.3) is 0 Å². The number of halogens is 1. The standard InChI is InChI=1S/C11H10FN/c12-11-3-1-2-9-8(6-7-13)4-5-10(9)11/h1-3,8H,4-6H2. The lowest BCUT2D eigenvalue weighted by Crippen LogP contribution is -1.92. The van der Waals surface area contributed by atoms with Crippen LogP contribution in [0.1, 0.15) is 29.9 Å². The van der Waals surface area contributed by atoms with Crippen LogP contribution < -0.4 is 0 Å². The van der Waals surface area contributed by atoms with Crippen molar-refractivity contribution in [1.82, 2.24) is 0 Å². The highest BCUT2D eigenvalue weighted by atomic mass is 19.1. The summed E-state index contributed by atoms with van der Waals surface area (Å²) in [6.45, 7) is 0. The number of fused-ring (bicyclic) bond motifs is 1. The van der Waals surface area contributed by atoms with E-state index in [1.165, 1.54) is 6.07 Å². The number of hydrogen-bond acceptors (Lipinski definition) is 1. The first-order valence-electron chi connectivity index (χ1n) is 4.47. The maximum atomic E-state index is 13.2. The van der Waals surface area contributed by atoms with Crippen molar-refractivity contribution in [1.29, 1.82) is 5.26 Å². The fourth-order valence-corrected chi connectivity index (χ4v) is 2.02. The molecule has 0 fully saturated rings. The topological polar surface area (TPSA) is 23.8 Å². The third kappa shape index (κ3) is 1.31. The molecule has 0 heterocycles. The average molecular weight is 175 g/mol. The van der Waals surface area contributed by atoms with Gasteiger partial charge in [-0.25, -0.2) is 4.39 Å². The molecule has 13 heavy (non-hydrogen) atoms. The molecule has 1 aliphatic rings. The van der Waals surface area contributed by atoms with E-state index in [0.717, 1.165) is 24.0 Å². The smallest absolute Gasteiger partial charge is 0.126 e. The lowest BCUT2D eigenvalue weighted by Gasteiger charge is -2.05. The highest BCUT2D eigenvalue weighted by Crippen LogP contribution is 2.36. The van der Waals surface area contributed by atoms with Gasteiger partial charge in [-0.1, -0.05) is 12.1 Å². The van der Waals surface area contributed by atoms with Gasteiger partial charge < -0.3 is 0 Å². The van der Waals surface area contributed by atoms with E-state index in [4.69, 9.17) is 5.26 Å². The Balaban J connectivity index is 2.39. The van der Waals surface area contributed by atoms with Gasteiger partial charge in [0.1, 0.15) is 5.82 Å². The molecule has 2 rings (SSSR count). The average Bonchev–Trinajstić information content (AvgIpc) is 2.51. The van der Waals surface area contributed by atoms with Crippen molar-refractivity contribution in [3.8, 4) is 6.07 Å². The van der Waals surface area contributed by atoms with Gasteiger partial charge in [0, 0.05) is 6.42 Å². The summed E-state index contributed by atoms with van der Waals surface area (Å²) in [5.74, 6) is 0.147. The molecule has 0 saturated carbocycles. The lowest BCUT2D eigenvalue weighted by molar-refractivity contribution is 0.612. The summed E-state index contributed by atoms with van der Waals surface area (Å²) in [5, 5.41) is 8.58. The zero-order valence-electron chi connectivity index (χ0n) is 7.26. The molecule has 0 N–H and O–H groups in total. The molecule has 1 aliphatic carbocycles. The fourth-order valence-electron chi connectivity index (χ4n) is 2.02. The van der Waals surface area contributed by atoms with Crippen molar-refractivity contribution in [2.75, 3.05) is 0 Å². The Hall–Kier alpha value is -1.36. The van der Waals surface area contributed by atoms with Gasteiger partial charge in [0.2, 0.25) is 0 Å². The molecular weight excluding hydrogens is 165 g/mol. The first-order chi connectivity index (χ1) is 6.33. The molecule has 1 aromatic rings. The van der Waals surface area contributed by atoms with E-state index >= 15 is 0 Å². The Morgan fingerprint density at radius 3 is 3.15 bits per heavy atom. The highest BCUT2D eigenvalue weighted by Gasteiger charge is 2.24. The quantitative estimate of drug-likeness (QED) is 0.643. The summed E-state index contributed by atoms with van der Waals surface area (Å²) in [4.78, 5) is 0. The van der Waals surface area contributed by atoms with Gasteiger partial charge in [-0.2, -0.15) is 5.26 Å². The molecule has 0 spiro atoms. The van der Waals surface area contributed by atoms with Crippen LogP contribution in [0.5, 0.6) is 0 Å². The van der Waals surface area contributed by atoms with Crippen molar-refractivity contribution >= 4 is 0 Å². The first-order valence-corrected chi connectivity index (χ1v) is 4.47. The third-order valence-corrected chi connectivity index (χ3v) is 2.68. The van der Waals surface area contributed by atoms with E-state index in [1.807, 2.05) is 6.07 Å². The Labute approximate surface area is 76.8 Å². The van der Waals surface area contributed by atoms with Gasteiger partial charge in [0.15, 0.2) is 0 Å². The predicted molar refractivity (Wildman–Crippen MR) is 47.7 cm³/mol. The summed E-state index contributed by atoms with van der Waals surface area (Å²) >= 11 is 0. The van der Waals surface area contributed by atoms with E-state index < -0.39 is 0 Å². The first kappa shape index (κ1) is 8.25. The lowest BCUT2D eigenvalue weighted by atomic mass is 9.99. The van der Waals surface area contributed by atoms with Crippen molar-refractivity contribution in [2.45, 2.75) is 25.2 Å². The monoisotopic (exact) mass is 175 g/mol. The van der Waals surface area contributed by atoms with Crippen LogP contribution in [0.15, 0.2) is 18.2 Å². The molecule has 0 aromatic heterocycles. The molecule has 0 bridgehead atoms. The Morgan fingerprint density at radius 2 is 2.38 bits per heavy atom. The second-order valence-electron chi connectivity index (χ2n) is 3.41. The van der Waals surface area contributed by atoms with E-state index in [1.54, 1.807) is 6.07 Å². The van der Waals surface area contributed by atoms with Crippen molar-refractivity contribution in [3.05, 3.63) is 35.1 Å². The zero-order chi connectivity index (χ0) is 9.26. The van der Waals surface area contributed by atoms with Crippen LogP contribution in [0.3, 0.4) is 0 Å². The van der Waals surface area contributed by atoms with Crippen LogP contribution >= 0.6 is 0 Å². The predicted octanol–water partition coefficient (Wildman–Crippen LogP) is 2.77. The molecule has 0 aliphatic heterocycles. The summed E-state index contributed by atoms with van der Waals surface area (Å²) in [6, 6.07) is 7.31. The molecular formula is C11H10FN. The molecule has 2 heteroatoms. The third-order valence-electron chi connectivity index (χ3n) is 2.68. The van der Waals surface area contributed by atoms with Crippen LogP contribution in [0.2, 0.25) is 0 Å². The number of nitriles is 1. The maximum Gasteiger partial charge on any atom is 0.126 e. The second kappa shape index (κ2) is 3.18. The fraction of sp³-hybridized carbons (Fsp3) is 0.364. The van der Waals surface area contributed by atoms with E-state index in [2.05, 4.69) is 6.07 Å². The molecule has 66 valence electrons. The molecule has 1 unspecified atom stereocenters. The highest BCUT2D eigenvalue weighted by molar-refractivity contribution is 5.36.